The molecule has 234 valence electrons. The van der Waals surface area contributed by atoms with Crippen LogP contribution in [0.3, 0.4) is 0 Å². The molecule has 10 heteroatoms. The Morgan fingerprint density at radius 2 is 1.74 bits per heavy atom. The standard InChI is InChI=1S/C33H46BNO8/c1-19-12-13-24-20(2)26(38-29-33(24)23(19)14-15-32(7,39-29)42-43-33)17-28(36)35-27(34-40-30(3,4)31(5,6)41-34)16-21-18-37-25-11-9-8-10-22(21)25/h8-11,18-20,23-24,26-27,29H,12-17H2,1-7H3,(H,35,36)/t19-,20-,23+,24+,26-,27+,29-,32-,33-/m1/s1. The summed E-state index contributed by atoms with van der Waals surface area (Å²) < 4.78 is 31.9. The van der Waals surface area contributed by atoms with Gasteiger partial charge in [0.2, 0.25) is 11.7 Å². The van der Waals surface area contributed by atoms with Gasteiger partial charge in [-0.2, -0.15) is 0 Å². The van der Waals surface area contributed by atoms with Crippen LogP contribution in [0.4, 0.5) is 0 Å². The number of amides is 1. The van der Waals surface area contributed by atoms with Crippen LogP contribution in [0.15, 0.2) is 34.9 Å². The van der Waals surface area contributed by atoms with Crippen LogP contribution >= 0.6 is 0 Å². The number of carbonyl (C=O) groups excluding carboxylic acids is 1. The van der Waals surface area contributed by atoms with Gasteiger partial charge in [-0.1, -0.05) is 32.0 Å². The van der Waals surface area contributed by atoms with Gasteiger partial charge in [0.15, 0.2) is 11.9 Å². The summed E-state index contributed by atoms with van der Waals surface area (Å²) in [5.74, 6) is -0.357. The molecule has 9 atom stereocenters. The average Bonchev–Trinajstić information content (AvgIpc) is 3.34. The van der Waals surface area contributed by atoms with Gasteiger partial charge in [0.25, 0.3) is 0 Å². The molecule has 1 saturated carbocycles. The second kappa shape index (κ2) is 10.3. The van der Waals surface area contributed by atoms with Crippen LogP contribution in [-0.4, -0.2) is 54.0 Å². The van der Waals surface area contributed by atoms with Crippen molar-refractivity contribution >= 4 is 24.0 Å². The highest BCUT2D eigenvalue weighted by molar-refractivity contribution is 6.48. The van der Waals surface area contributed by atoms with Crippen LogP contribution in [0.5, 0.6) is 0 Å². The third-order valence-electron chi connectivity index (χ3n) is 11.6. The molecule has 9 nitrogen and oxygen atoms in total. The van der Waals surface area contributed by atoms with E-state index >= 15 is 0 Å². The van der Waals surface area contributed by atoms with Gasteiger partial charge in [0.1, 0.15) is 5.58 Å². The lowest BCUT2D eigenvalue weighted by molar-refractivity contribution is -0.570. The largest absolute Gasteiger partial charge is 0.482 e. The van der Waals surface area contributed by atoms with Crippen molar-refractivity contribution in [3.63, 3.8) is 0 Å². The summed E-state index contributed by atoms with van der Waals surface area (Å²) in [6.45, 7) is 14.5. The number of rotatable bonds is 6. The van der Waals surface area contributed by atoms with Crippen LogP contribution in [0, 0.1) is 23.7 Å². The van der Waals surface area contributed by atoms with Gasteiger partial charge >= 0.3 is 7.12 Å². The first-order chi connectivity index (χ1) is 20.3. The fourth-order valence-electron chi connectivity index (χ4n) is 8.36. The van der Waals surface area contributed by atoms with Crippen molar-refractivity contribution in [1.82, 2.24) is 5.32 Å². The zero-order valence-corrected chi connectivity index (χ0v) is 26.5. The zero-order valence-electron chi connectivity index (χ0n) is 26.5. The number of fused-ring (bicyclic) bond motifs is 3. The van der Waals surface area contributed by atoms with Crippen molar-refractivity contribution in [3.8, 4) is 0 Å². The molecule has 6 heterocycles. The molecule has 2 bridgehead atoms. The molecule has 8 rings (SSSR count). The van der Waals surface area contributed by atoms with E-state index in [0.717, 1.165) is 42.2 Å². The molecule has 0 radical (unpaired) electrons. The van der Waals surface area contributed by atoms with E-state index in [1.54, 1.807) is 6.26 Å². The van der Waals surface area contributed by atoms with Crippen LogP contribution in [0.1, 0.15) is 86.1 Å². The van der Waals surface area contributed by atoms with E-state index in [1.807, 2.05) is 58.9 Å². The Balaban J connectivity index is 1.12. The van der Waals surface area contributed by atoms with Crippen LogP contribution in [0.25, 0.3) is 11.0 Å². The molecule has 6 fully saturated rings. The van der Waals surface area contributed by atoms with Gasteiger partial charge in [0, 0.05) is 17.7 Å². The molecule has 1 aliphatic carbocycles. The summed E-state index contributed by atoms with van der Waals surface area (Å²) >= 11 is 0. The maximum atomic E-state index is 13.9. The molecule has 0 unspecified atom stereocenters. The van der Waals surface area contributed by atoms with E-state index in [2.05, 4.69) is 19.2 Å². The van der Waals surface area contributed by atoms with Crippen molar-refractivity contribution in [2.45, 2.75) is 128 Å². The molecule has 5 aliphatic heterocycles. The highest BCUT2D eigenvalue weighted by Gasteiger charge is 2.69. The highest BCUT2D eigenvalue weighted by Crippen LogP contribution is 2.60. The summed E-state index contributed by atoms with van der Waals surface area (Å²) in [6.07, 6.45) is 5.42. The fourth-order valence-corrected chi connectivity index (χ4v) is 8.36. The molecule has 6 aliphatic rings. The van der Waals surface area contributed by atoms with Gasteiger partial charge in [-0.25, -0.2) is 9.78 Å². The number of ether oxygens (including phenoxy) is 2. The first-order valence-electron chi connectivity index (χ1n) is 16.1. The molecular formula is C33H46BNO8. The van der Waals surface area contributed by atoms with Crippen molar-refractivity contribution in [3.05, 3.63) is 36.1 Å². The predicted molar refractivity (Wildman–Crippen MR) is 159 cm³/mol. The monoisotopic (exact) mass is 595 g/mol. The van der Waals surface area contributed by atoms with Crippen molar-refractivity contribution in [1.29, 1.82) is 0 Å². The van der Waals surface area contributed by atoms with E-state index < -0.39 is 41.9 Å². The number of nitrogens with one attached hydrogen (secondary N) is 1. The Kier molecular flexibility index (Phi) is 7.12. The minimum Gasteiger partial charge on any atom is -0.464 e. The summed E-state index contributed by atoms with van der Waals surface area (Å²) in [6, 6.07) is 7.93. The van der Waals surface area contributed by atoms with Crippen molar-refractivity contribution in [2.24, 2.45) is 23.7 Å². The van der Waals surface area contributed by atoms with Gasteiger partial charge in [0.05, 0.1) is 35.9 Å². The molecule has 1 N–H and O–H groups in total. The number of furan rings is 1. The lowest BCUT2D eigenvalue weighted by Crippen LogP contribution is -2.70. The molecule has 43 heavy (non-hydrogen) atoms. The first kappa shape index (κ1) is 29.7. The van der Waals surface area contributed by atoms with Crippen LogP contribution < -0.4 is 5.32 Å². The quantitative estimate of drug-likeness (QED) is 0.334. The second-order valence-electron chi connectivity index (χ2n) is 14.9. The third-order valence-corrected chi connectivity index (χ3v) is 11.6. The number of hydrogen-bond donors (Lipinski definition) is 1. The minimum atomic E-state index is -0.847. The van der Waals surface area contributed by atoms with Crippen LogP contribution in [-0.2, 0) is 39.8 Å². The van der Waals surface area contributed by atoms with Crippen molar-refractivity contribution < 1.29 is 37.8 Å². The molecule has 1 spiro atoms. The van der Waals surface area contributed by atoms with E-state index in [4.69, 9.17) is 33.0 Å². The Bertz CT molecular complexity index is 1360. The summed E-state index contributed by atoms with van der Waals surface area (Å²) in [5, 5.41) is 4.30. The summed E-state index contributed by atoms with van der Waals surface area (Å²) in [4.78, 5) is 26.1. The molecular weight excluding hydrogens is 549 g/mol. The lowest BCUT2D eigenvalue weighted by Gasteiger charge is -2.60. The number of para-hydroxylation sites is 1. The van der Waals surface area contributed by atoms with Gasteiger partial charge in [-0.3, -0.25) is 4.79 Å². The number of hydrogen-bond acceptors (Lipinski definition) is 8. The molecule has 1 amide bonds. The smallest absolute Gasteiger partial charge is 0.464 e. The molecule has 5 saturated heterocycles. The Morgan fingerprint density at radius 3 is 2.51 bits per heavy atom. The van der Waals surface area contributed by atoms with Gasteiger partial charge < -0.3 is 28.5 Å². The third kappa shape index (κ3) is 4.79. The maximum Gasteiger partial charge on any atom is 0.482 e. The highest BCUT2D eigenvalue weighted by atomic mass is 17.3. The maximum absolute atomic E-state index is 13.9. The number of benzene rings is 1. The van der Waals surface area contributed by atoms with Crippen LogP contribution in [0.2, 0.25) is 0 Å². The molecule has 2 aromatic rings. The molecule has 1 aromatic heterocycles. The van der Waals surface area contributed by atoms with Gasteiger partial charge in [-0.15, -0.1) is 0 Å². The Morgan fingerprint density at radius 1 is 1.00 bits per heavy atom. The van der Waals surface area contributed by atoms with Gasteiger partial charge in [-0.05, 0) is 89.7 Å². The molecule has 1 aromatic carbocycles. The Labute approximate surface area is 254 Å². The lowest BCUT2D eigenvalue weighted by atomic mass is 9.57. The van der Waals surface area contributed by atoms with E-state index in [1.165, 1.54) is 0 Å². The minimum absolute atomic E-state index is 0.0831. The summed E-state index contributed by atoms with van der Waals surface area (Å²) in [7, 11) is -0.623. The predicted octanol–water partition coefficient (Wildman–Crippen LogP) is 5.73. The zero-order chi connectivity index (χ0) is 30.4. The van der Waals surface area contributed by atoms with E-state index in [0.29, 0.717) is 12.3 Å². The normalized spacial score (nSPS) is 40.2. The fraction of sp³-hybridized carbons (Fsp3) is 0.727. The average molecular weight is 596 g/mol. The summed E-state index contributed by atoms with van der Waals surface area (Å²) in [5.41, 5.74) is 0.102. The SMILES string of the molecule is C[C@H]1[C@@H](CC(=O)N[C@@H](Cc2coc3ccccc23)B2OC(C)(C)C(C)(C)O2)O[C@@H]2O[C@@]3(C)CC[C@H]4[C@H](C)CC[C@@H]1[C@@]24OO3. The van der Waals surface area contributed by atoms with E-state index in [9.17, 15) is 4.79 Å². The second-order valence-corrected chi connectivity index (χ2v) is 14.9. The van der Waals surface area contributed by atoms with Crippen molar-refractivity contribution in [2.75, 3.05) is 0 Å². The first-order valence-corrected chi connectivity index (χ1v) is 16.1. The topological polar surface area (TPSA) is 97.6 Å². The van der Waals surface area contributed by atoms with E-state index in [-0.39, 0.29) is 36.2 Å². The number of carbonyl (C=O) groups is 1. The Hall–Kier alpha value is -1.95.